The Morgan fingerprint density at radius 2 is 2.04 bits per heavy atom. The number of hydrogen-bond acceptors (Lipinski definition) is 7. The molecule has 0 saturated carbocycles. The van der Waals surface area contributed by atoms with Gasteiger partial charge in [-0.05, 0) is 31.7 Å². The van der Waals surface area contributed by atoms with Gasteiger partial charge in [0.1, 0.15) is 0 Å². The van der Waals surface area contributed by atoms with Crippen molar-refractivity contribution in [1.29, 1.82) is 0 Å². The first-order chi connectivity index (χ1) is 13.0. The maximum absolute atomic E-state index is 12.4. The number of benzene rings is 1. The summed E-state index contributed by atoms with van der Waals surface area (Å²) in [5.74, 6) is 0.643. The van der Waals surface area contributed by atoms with Gasteiger partial charge in [-0.2, -0.15) is 4.98 Å². The average Bonchev–Trinajstić information content (AvgIpc) is 3.07. The summed E-state index contributed by atoms with van der Waals surface area (Å²) in [6.45, 7) is 3.48. The molecular formula is C18H19N5O3S. The van der Waals surface area contributed by atoms with Crippen molar-refractivity contribution < 1.29 is 9.32 Å². The van der Waals surface area contributed by atoms with Crippen LogP contribution in [0.15, 0.2) is 38.7 Å². The Labute approximate surface area is 159 Å². The topological polar surface area (TPSA) is 114 Å². The van der Waals surface area contributed by atoms with E-state index in [0.717, 1.165) is 0 Å². The summed E-state index contributed by atoms with van der Waals surface area (Å²) in [6, 6.07) is 7.22. The van der Waals surface area contributed by atoms with Crippen LogP contribution in [-0.2, 0) is 11.2 Å². The number of rotatable bonds is 6. The lowest BCUT2D eigenvalue weighted by molar-refractivity contribution is -0.116. The van der Waals surface area contributed by atoms with Gasteiger partial charge in [0.25, 0.3) is 5.56 Å². The van der Waals surface area contributed by atoms with Gasteiger partial charge in [-0.15, -0.1) is 0 Å². The molecule has 1 amide bonds. The number of H-pyrrole nitrogens is 1. The van der Waals surface area contributed by atoms with Crippen LogP contribution in [0.1, 0.15) is 23.6 Å². The van der Waals surface area contributed by atoms with Crippen molar-refractivity contribution in [1.82, 2.24) is 20.1 Å². The number of carbonyl (C=O) groups excluding carboxylic acids is 1. The van der Waals surface area contributed by atoms with Gasteiger partial charge in [-0.1, -0.05) is 29.1 Å². The van der Waals surface area contributed by atoms with Gasteiger partial charge in [0.05, 0.1) is 5.69 Å². The van der Waals surface area contributed by atoms with Gasteiger partial charge in [0.15, 0.2) is 5.16 Å². The van der Waals surface area contributed by atoms with E-state index in [1.54, 1.807) is 26.0 Å². The highest BCUT2D eigenvalue weighted by atomic mass is 32.2. The third-order valence-electron chi connectivity index (χ3n) is 3.97. The molecule has 0 spiro atoms. The first kappa shape index (κ1) is 18.8. The van der Waals surface area contributed by atoms with Gasteiger partial charge in [-0.25, -0.2) is 4.98 Å². The second-order valence-electron chi connectivity index (χ2n) is 5.87. The van der Waals surface area contributed by atoms with E-state index in [9.17, 15) is 9.59 Å². The van der Waals surface area contributed by atoms with E-state index in [1.165, 1.54) is 11.8 Å². The second-order valence-corrected chi connectivity index (χ2v) is 6.66. The lowest BCUT2D eigenvalue weighted by Crippen LogP contribution is -2.20. The molecule has 9 heteroatoms. The van der Waals surface area contributed by atoms with Crippen molar-refractivity contribution in [3.05, 3.63) is 51.8 Å². The highest BCUT2D eigenvalue weighted by molar-refractivity contribution is 7.98. The van der Waals surface area contributed by atoms with Crippen LogP contribution < -0.4 is 10.9 Å². The predicted molar refractivity (Wildman–Crippen MR) is 103 cm³/mol. The molecule has 0 radical (unpaired) electrons. The molecule has 8 nitrogen and oxygen atoms in total. The van der Waals surface area contributed by atoms with E-state index >= 15 is 0 Å². The minimum Gasteiger partial charge on any atom is -0.339 e. The summed E-state index contributed by atoms with van der Waals surface area (Å²) in [6.07, 6.45) is 2.30. The third kappa shape index (κ3) is 4.43. The Morgan fingerprint density at radius 1 is 1.26 bits per heavy atom. The van der Waals surface area contributed by atoms with Gasteiger partial charge >= 0.3 is 0 Å². The number of hydrogen-bond donors (Lipinski definition) is 2. The highest BCUT2D eigenvalue weighted by Gasteiger charge is 2.14. The van der Waals surface area contributed by atoms with E-state index in [-0.39, 0.29) is 17.9 Å². The number of aryl methyl sites for hydroxylation is 2. The number of anilines is 1. The SMILES string of the molecule is CSc1nc(C)c(CCC(=O)Nc2ccccc2-c2noc(C)n2)c(=O)[nH]1. The lowest BCUT2D eigenvalue weighted by Gasteiger charge is -2.09. The molecule has 0 bridgehead atoms. The monoisotopic (exact) mass is 385 g/mol. The van der Waals surface area contributed by atoms with Crippen molar-refractivity contribution >= 4 is 23.4 Å². The zero-order chi connectivity index (χ0) is 19.4. The van der Waals surface area contributed by atoms with E-state index in [1.807, 2.05) is 18.4 Å². The summed E-state index contributed by atoms with van der Waals surface area (Å²) >= 11 is 1.37. The van der Waals surface area contributed by atoms with Gasteiger partial charge in [0.2, 0.25) is 17.6 Å². The molecule has 2 heterocycles. The molecule has 0 saturated heterocycles. The van der Waals surface area contributed by atoms with Crippen molar-refractivity contribution in [3.63, 3.8) is 0 Å². The minimum absolute atomic E-state index is 0.157. The number of nitrogens with zero attached hydrogens (tertiary/aromatic N) is 3. The van der Waals surface area contributed by atoms with E-state index < -0.39 is 0 Å². The van der Waals surface area contributed by atoms with Gasteiger partial charge in [-0.3, -0.25) is 9.59 Å². The number of aromatic nitrogens is 4. The Kier molecular flexibility index (Phi) is 5.70. The highest BCUT2D eigenvalue weighted by Crippen LogP contribution is 2.25. The quantitative estimate of drug-likeness (QED) is 0.495. The molecule has 3 rings (SSSR count). The summed E-state index contributed by atoms with van der Waals surface area (Å²) in [7, 11) is 0. The van der Waals surface area contributed by atoms with E-state index in [4.69, 9.17) is 4.52 Å². The molecule has 0 aliphatic rings. The van der Waals surface area contributed by atoms with Crippen LogP contribution in [0.3, 0.4) is 0 Å². The standard InChI is InChI=1S/C18H19N5O3S/c1-10-12(17(25)22-18(19-10)27-3)8-9-15(24)21-14-7-5-4-6-13(14)16-20-11(2)26-23-16/h4-7H,8-9H2,1-3H3,(H,21,24)(H,19,22,25). The number of nitrogens with one attached hydrogen (secondary N) is 2. The Morgan fingerprint density at radius 3 is 2.70 bits per heavy atom. The number of thioether (sulfide) groups is 1. The van der Waals surface area contributed by atoms with E-state index in [0.29, 0.717) is 45.8 Å². The van der Waals surface area contributed by atoms with Crippen LogP contribution >= 0.6 is 11.8 Å². The molecule has 0 aliphatic carbocycles. The molecule has 2 N–H and O–H groups in total. The van der Waals surface area contributed by atoms with Crippen LogP contribution in [0, 0.1) is 13.8 Å². The molecule has 0 unspecified atom stereocenters. The summed E-state index contributed by atoms with van der Waals surface area (Å²) < 4.78 is 5.01. The Hall–Kier alpha value is -2.94. The molecule has 27 heavy (non-hydrogen) atoms. The van der Waals surface area contributed by atoms with Crippen LogP contribution in [0.4, 0.5) is 5.69 Å². The molecule has 140 valence electrons. The molecule has 0 fully saturated rings. The summed E-state index contributed by atoms with van der Waals surface area (Å²) in [4.78, 5) is 35.8. The maximum Gasteiger partial charge on any atom is 0.254 e. The smallest absolute Gasteiger partial charge is 0.254 e. The second kappa shape index (κ2) is 8.17. The summed E-state index contributed by atoms with van der Waals surface area (Å²) in [5, 5.41) is 7.31. The zero-order valence-electron chi connectivity index (χ0n) is 15.2. The first-order valence-electron chi connectivity index (χ1n) is 8.31. The summed E-state index contributed by atoms with van der Waals surface area (Å²) in [5.41, 5.74) is 2.21. The van der Waals surface area contributed by atoms with Crippen LogP contribution in [-0.4, -0.2) is 32.3 Å². The largest absolute Gasteiger partial charge is 0.339 e. The third-order valence-corrected chi connectivity index (χ3v) is 4.55. The zero-order valence-corrected chi connectivity index (χ0v) is 16.0. The van der Waals surface area contributed by atoms with Crippen LogP contribution in [0.2, 0.25) is 0 Å². The van der Waals surface area contributed by atoms with Gasteiger partial charge < -0.3 is 14.8 Å². The normalized spacial score (nSPS) is 10.8. The fraction of sp³-hybridized carbons (Fsp3) is 0.278. The van der Waals surface area contributed by atoms with Crippen LogP contribution in [0.5, 0.6) is 0 Å². The number of carbonyl (C=O) groups is 1. The Bertz CT molecular complexity index is 1030. The molecule has 0 aliphatic heterocycles. The maximum atomic E-state index is 12.4. The van der Waals surface area contributed by atoms with Gasteiger partial charge in [0, 0.05) is 30.2 Å². The van der Waals surface area contributed by atoms with Crippen molar-refractivity contribution in [2.75, 3.05) is 11.6 Å². The van der Waals surface area contributed by atoms with E-state index in [2.05, 4.69) is 25.4 Å². The fourth-order valence-corrected chi connectivity index (χ4v) is 3.05. The van der Waals surface area contributed by atoms with Crippen molar-refractivity contribution in [3.8, 4) is 11.4 Å². The molecule has 3 aromatic rings. The Balaban J connectivity index is 1.72. The molecule has 1 aromatic carbocycles. The number of para-hydroxylation sites is 1. The lowest BCUT2D eigenvalue weighted by atomic mass is 10.1. The average molecular weight is 385 g/mol. The van der Waals surface area contributed by atoms with Crippen LogP contribution in [0.25, 0.3) is 11.4 Å². The molecule has 0 atom stereocenters. The van der Waals surface area contributed by atoms with Crippen molar-refractivity contribution in [2.24, 2.45) is 0 Å². The van der Waals surface area contributed by atoms with Crippen molar-refractivity contribution in [2.45, 2.75) is 31.8 Å². The number of amides is 1. The number of aromatic amines is 1. The molecule has 2 aromatic heterocycles. The fourth-order valence-electron chi connectivity index (χ4n) is 2.62. The first-order valence-corrected chi connectivity index (χ1v) is 9.53. The minimum atomic E-state index is -0.213. The molecular weight excluding hydrogens is 366 g/mol. The predicted octanol–water partition coefficient (Wildman–Crippen LogP) is 2.73.